The van der Waals surface area contributed by atoms with Crippen LogP contribution in [0.3, 0.4) is 0 Å². The molecule has 0 unspecified atom stereocenters. The van der Waals surface area contributed by atoms with Crippen LogP contribution in [0, 0.1) is 11.6 Å². The summed E-state index contributed by atoms with van der Waals surface area (Å²) in [6, 6.07) is 7.76. The van der Waals surface area contributed by atoms with Crippen molar-refractivity contribution >= 4 is 35.0 Å². The molecule has 26 heavy (non-hydrogen) atoms. The molecule has 4 nitrogen and oxygen atoms in total. The highest BCUT2D eigenvalue weighted by molar-refractivity contribution is 6.42. The van der Waals surface area contributed by atoms with Crippen molar-refractivity contribution in [2.24, 2.45) is 0 Å². The predicted molar refractivity (Wildman–Crippen MR) is 96.2 cm³/mol. The van der Waals surface area contributed by atoms with E-state index in [9.17, 15) is 18.4 Å². The van der Waals surface area contributed by atoms with E-state index in [1.54, 1.807) is 25.2 Å². The molecule has 138 valence electrons. The number of nitrogens with zero attached hydrogens (tertiary/aromatic N) is 1. The Hall–Kier alpha value is -2.18. The van der Waals surface area contributed by atoms with Crippen LogP contribution in [-0.4, -0.2) is 30.3 Å². The first-order valence-corrected chi connectivity index (χ1v) is 8.44. The molecule has 0 aliphatic carbocycles. The molecule has 0 atom stereocenters. The van der Waals surface area contributed by atoms with Gasteiger partial charge in [0.15, 0.2) is 0 Å². The normalized spacial score (nSPS) is 10.5. The molecule has 2 amide bonds. The van der Waals surface area contributed by atoms with Crippen LogP contribution in [0.4, 0.5) is 8.78 Å². The van der Waals surface area contributed by atoms with Crippen molar-refractivity contribution in [2.45, 2.75) is 13.0 Å². The zero-order valence-electron chi connectivity index (χ0n) is 13.9. The summed E-state index contributed by atoms with van der Waals surface area (Å²) in [5, 5.41) is 3.27. The molecule has 2 aromatic carbocycles. The van der Waals surface area contributed by atoms with E-state index in [-0.39, 0.29) is 24.4 Å². The second-order valence-electron chi connectivity index (χ2n) is 5.63. The van der Waals surface area contributed by atoms with E-state index < -0.39 is 17.5 Å². The van der Waals surface area contributed by atoms with Crippen molar-refractivity contribution in [3.63, 3.8) is 0 Å². The Morgan fingerprint density at radius 1 is 1.08 bits per heavy atom. The Bertz CT molecular complexity index is 831. The molecule has 2 rings (SSSR count). The number of hydrogen-bond donors (Lipinski definition) is 1. The lowest BCUT2D eigenvalue weighted by Gasteiger charge is -2.18. The van der Waals surface area contributed by atoms with Gasteiger partial charge >= 0.3 is 0 Å². The molecular weight excluding hydrogens is 385 g/mol. The predicted octanol–water partition coefficient (Wildman–Crippen LogP) is 4.05. The minimum Gasteiger partial charge on any atom is -0.351 e. The van der Waals surface area contributed by atoms with Crippen LogP contribution in [-0.2, 0) is 11.3 Å². The third kappa shape index (κ3) is 5.41. The SMILES string of the molecule is CN(Cc1ccc(Cl)c(Cl)c1)C(=O)CCNC(=O)c1ccc(F)cc1F. The number of amides is 2. The minimum atomic E-state index is -0.953. The smallest absolute Gasteiger partial charge is 0.254 e. The molecule has 8 heteroatoms. The van der Waals surface area contributed by atoms with Gasteiger partial charge in [0.2, 0.25) is 5.91 Å². The molecule has 0 radical (unpaired) electrons. The van der Waals surface area contributed by atoms with Gasteiger partial charge in [-0.05, 0) is 29.8 Å². The van der Waals surface area contributed by atoms with Gasteiger partial charge in [-0.15, -0.1) is 0 Å². The Morgan fingerprint density at radius 3 is 2.46 bits per heavy atom. The Kier molecular flexibility index (Phi) is 6.94. The van der Waals surface area contributed by atoms with Gasteiger partial charge in [0.1, 0.15) is 11.6 Å². The van der Waals surface area contributed by atoms with E-state index >= 15 is 0 Å². The number of carbonyl (C=O) groups excluding carboxylic acids is 2. The van der Waals surface area contributed by atoms with Crippen molar-refractivity contribution in [3.05, 3.63) is 69.2 Å². The van der Waals surface area contributed by atoms with Crippen LogP contribution >= 0.6 is 23.2 Å². The average molecular weight is 401 g/mol. The van der Waals surface area contributed by atoms with Crippen LogP contribution in [0.2, 0.25) is 10.0 Å². The molecule has 0 heterocycles. The van der Waals surface area contributed by atoms with Crippen LogP contribution in [0.15, 0.2) is 36.4 Å². The van der Waals surface area contributed by atoms with Crippen LogP contribution < -0.4 is 5.32 Å². The zero-order valence-corrected chi connectivity index (χ0v) is 15.4. The molecule has 0 saturated heterocycles. The van der Waals surface area contributed by atoms with Crippen molar-refractivity contribution < 1.29 is 18.4 Å². The Balaban J connectivity index is 1.83. The maximum absolute atomic E-state index is 13.5. The first kappa shape index (κ1) is 20.1. The fraction of sp³-hybridized carbons (Fsp3) is 0.222. The summed E-state index contributed by atoms with van der Waals surface area (Å²) in [5.74, 6) is -2.64. The number of rotatable bonds is 6. The molecular formula is C18H16Cl2F2N2O2. The number of benzene rings is 2. The van der Waals surface area contributed by atoms with Crippen LogP contribution in [0.25, 0.3) is 0 Å². The van der Waals surface area contributed by atoms with Crippen molar-refractivity contribution in [1.29, 1.82) is 0 Å². The fourth-order valence-corrected chi connectivity index (χ4v) is 2.56. The summed E-state index contributed by atoms with van der Waals surface area (Å²) in [4.78, 5) is 25.5. The number of nitrogens with one attached hydrogen (secondary N) is 1. The third-order valence-electron chi connectivity index (χ3n) is 3.63. The molecule has 0 aromatic heterocycles. The molecule has 0 bridgehead atoms. The fourth-order valence-electron chi connectivity index (χ4n) is 2.24. The number of halogens is 4. The quantitative estimate of drug-likeness (QED) is 0.794. The van der Waals surface area contributed by atoms with Gasteiger partial charge in [0.25, 0.3) is 5.91 Å². The van der Waals surface area contributed by atoms with E-state index in [0.717, 1.165) is 17.7 Å². The highest BCUT2D eigenvalue weighted by Gasteiger charge is 2.14. The highest BCUT2D eigenvalue weighted by atomic mass is 35.5. The molecule has 0 saturated carbocycles. The van der Waals surface area contributed by atoms with Crippen LogP contribution in [0.5, 0.6) is 0 Å². The average Bonchev–Trinajstić information content (AvgIpc) is 2.57. The monoisotopic (exact) mass is 400 g/mol. The molecule has 1 N–H and O–H groups in total. The maximum atomic E-state index is 13.5. The Morgan fingerprint density at radius 2 is 1.81 bits per heavy atom. The first-order valence-electron chi connectivity index (χ1n) is 7.69. The van der Waals surface area contributed by atoms with Crippen molar-refractivity contribution in [2.75, 3.05) is 13.6 Å². The van der Waals surface area contributed by atoms with E-state index in [2.05, 4.69) is 5.32 Å². The number of hydrogen-bond acceptors (Lipinski definition) is 2. The summed E-state index contributed by atoms with van der Waals surface area (Å²) < 4.78 is 26.4. The van der Waals surface area contributed by atoms with Crippen molar-refractivity contribution in [1.82, 2.24) is 10.2 Å². The van der Waals surface area contributed by atoms with Gasteiger partial charge in [0.05, 0.1) is 15.6 Å². The largest absolute Gasteiger partial charge is 0.351 e. The van der Waals surface area contributed by atoms with Gasteiger partial charge in [-0.25, -0.2) is 8.78 Å². The maximum Gasteiger partial charge on any atom is 0.254 e. The summed E-state index contributed by atoms with van der Waals surface area (Å²) >= 11 is 11.8. The lowest BCUT2D eigenvalue weighted by atomic mass is 10.2. The lowest BCUT2D eigenvalue weighted by Crippen LogP contribution is -2.32. The van der Waals surface area contributed by atoms with E-state index in [1.807, 2.05) is 0 Å². The lowest BCUT2D eigenvalue weighted by molar-refractivity contribution is -0.130. The summed E-state index contributed by atoms with van der Waals surface area (Å²) in [6.45, 7) is 0.358. The van der Waals surface area contributed by atoms with Gasteiger partial charge in [-0.1, -0.05) is 29.3 Å². The van der Waals surface area contributed by atoms with E-state index in [4.69, 9.17) is 23.2 Å². The summed E-state index contributed by atoms with van der Waals surface area (Å²) in [5.41, 5.74) is 0.538. The van der Waals surface area contributed by atoms with Gasteiger partial charge in [0, 0.05) is 32.6 Å². The standard InChI is InChI=1S/C18H16Cl2F2N2O2/c1-24(10-11-2-5-14(19)15(20)8-11)17(25)6-7-23-18(26)13-4-3-12(21)9-16(13)22/h2-5,8-9H,6-7,10H2,1H3,(H,23,26). The molecule has 0 spiro atoms. The van der Waals surface area contributed by atoms with E-state index in [0.29, 0.717) is 22.7 Å². The second kappa shape index (κ2) is 8.96. The van der Waals surface area contributed by atoms with Gasteiger partial charge < -0.3 is 10.2 Å². The Labute approximate surface area is 159 Å². The topological polar surface area (TPSA) is 49.4 Å². The minimum absolute atomic E-state index is 0.0280. The summed E-state index contributed by atoms with van der Waals surface area (Å²) in [6.07, 6.45) is 0.0341. The molecule has 2 aromatic rings. The molecule has 0 fully saturated rings. The van der Waals surface area contributed by atoms with E-state index in [1.165, 1.54) is 4.90 Å². The molecule has 0 aliphatic heterocycles. The number of carbonyl (C=O) groups is 2. The second-order valence-corrected chi connectivity index (χ2v) is 6.44. The zero-order chi connectivity index (χ0) is 19.3. The van der Waals surface area contributed by atoms with Gasteiger partial charge in [-0.3, -0.25) is 9.59 Å². The molecule has 0 aliphatic rings. The third-order valence-corrected chi connectivity index (χ3v) is 4.37. The van der Waals surface area contributed by atoms with Crippen molar-refractivity contribution in [3.8, 4) is 0 Å². The van der Waals surface area contributed by atoms with Crippen LogP contribution in [0.1, 0.15) is 22.3 Å². The van der Waals surface area contributed by atoms with Gasteiger partial charge in [-0.2, -0.15) is 0 Å². The first-order chi connectivity index (χ1) is 12.3. The highest BCUT2D eigenvalue weighted by Crippen LogP contribution is 2.23. The summed E-state index contributed by atoms with van der Waals surface area (Å²) in [7, 11) is 1.62.